The molecule has 2 amide bonds. The van der Waals surface area contributed by atoms with Crippen LogP contribution in [0, 0.1) is 5.92 Å². The van der Waals surface area contributed by atoms with Gasteiger partial charge in [-0.3, -0.25) is 9.59 Å². The minimum atomic E-state index is -0.215. The maximum Gasteiger partial charge on any atom is 0.254 e. The van der Waals surface area contributed by atoms with Gasteiger partial charge in [-0.15, -0.1) is 0 Å². The fourth-order valence-corrected chi connectivity index (χ4v) is 5.68. The molecule has 2 aliphatic heterocycles. The molecule has 1 unspecified atom stereocenters. The van der Waals surface area contributed by atoms with Gasteiger partial charge < -0.3 is 14.5 Å². The first-order valence-electron chi connectivity index (χ1n) is 11.5. The van der Waals surface area contributed by atoms with E-state index < -0.39 is 0 Å². The predicted octanol–water partition coefficient (Wildman–Crippen LogP) is 3.63. The molecular weight excluding hydrogens is 364 g/mol. The first-order chi connectivity index (χ1) is 14.2. The molecule has 0 bridgehead atoms. The van der Waals surface area contributed by atoms with E-state index in [4.69, 9.17) is 4.74 Å². The highest BCUT2D eigenvalue weighted by Gasteiger charge is 2.62. The monoisotopic (exact) mass is 396 g/mol. The topological polar surface area (TPSA) is 49.9 Å². The Bertz CT molecular complexity index is 747. The minimum Gasteiger partial charge on any atom is -0.366 e. The van der Waals surface area contributed by atoms with E-state index >= 15 is 0 Å². The number of benzene rings is 1. The van der Waals surface area contributed by atoms with Gasteiger partial charge in [-0.2, -0.15) is 0 Å². The van der Waals surface area contributed by atoms with Crippen LogP contribution in [0.1, 0.15) is 68.1 Å². The van der Waals surface area contributed by atoms with Crippen molar-refractivity contribution in [1.82, 2.24) is 9.80 Å². The molecule has 2 saturated carbocycles. The number of likely N-dealkylation sites (tertiary alicyclic amines) is 2. The molecule has 5 heteroatoms. The molecule has 5 nitrogen and oxygen atoms in total. The number of hydrogen-bond donors (Lipinski definition) is 0. The van der Waals surface area contributed by atoms with Gasteiger partial charge in [0.2, 0.25) is 0 Å². The number of rotatable bonds is 5. The molecule has 5 rings (SSSR count). The Morgan fingerprint density at radius 2 is 1.69 bits per heavy atom. The van der Waals surface area contributed by atoms with E-state index in [9.17, 15) is 9.59 Å². The fourth-order valence-electron chi connectivity index (χ4n) is 5.68. The second-order valence-electron chi connectivity index (χ2n) is 9.42. The number of β-lactam (4-membered cyclic amide) rings is 1. The lowest BCUT2D eigenvalue weighted by molar-refractivity contribution is -0.211. The van der Waals surface area contributed by atoms with Gasteiger partial charge in [-0.05, 0) is 56.6 Å². The Labute approximate surface area is 173 Å². The Hall–Kier alpha value is -1.88. The summed E-state index contributed by atoms with van der Waals surface area (Å²) in [5.74, 6) is 1.00. The molecule has 1 aromatic rings. The molecular formula is C24H32N2O3. The molecule has 1 atom stereocenters. The summed E-state index contributed by atoms with van der Waals surface area (Å²) in [7, 11) is 0. The molecule has 4 aliphatic rings. The Morgan fingerprint density at radius 3 is 2.34 bits per heavy atom. The van der Waals surface area contributed by atoms with Crippen LogP contribution in [-0.2, 0) is 9.53 Å². The second-order valence-corrected chi connectivity index (χ2v) is 9.42. The maximum absolute atomic E-state index is 13.1. The van der Waals surface area contributed by atoms with Crippen LogP contribution < -0.4 is 0 Å². The zero-order valence-corrected chi connectivity index (χ0v) is 17.2. The van der Waals surface area contributed by atoms with Crippen molar-refractivity contribution in [2.24, 2.45) is 5.92 Å². The van der Waals surface area contributed by atoms with E-state index in [1.165, 1.54) is 32.1 Å². The summed E-state index contributed by atoms with van der Waals surface area (Å²) >= 11 is 0. The average Bonchev–Trinajstić information content (AvgIpc) is 3.60. The average molecular weight is 397 g/mol. The van der Waals surface area contributed by atoms with Crippen molar-refractivity contribution in [2.45, 2.75) is 75.5 Å². The predicted molar refractivity (Wildman–Crippen MR) is 110 cm³/mol. The van der Waals surface area contributed by atoms with E-state index in [-0.39, 0.29) is 29.5 Å². The first kappa shape index (κ1) is 19.1. The summed E-state index contributed by atoms with van der Waals surface area (Å²) in [5, 5.41) is 0. The minimum absolute atomic E-state index is 0.0689. The zero-order valence-electron chi connectivity index (χ0n) is 17.2. The number of hydrogen-bond acceptors (Lipinski definition) is 3. The normalized spacial score (nSPS) is 27.2. The molecule has 2 aliphatic carbocycles. The van der Waals surface area contributed by atoms with E-state index in [1.807, 2.05) is 35.2 Å². The third-order valence-electron chi connectivity index (χ3n) is 7.48. The van der Waals surface area contributed by atoms with Gasteiger partial charge in [-0.1, -0.05) is 37.5 Å². The maximum atomic E-state index is 13.1. The van der Waals surface area contributed by atoms with Crippen molar-refractivity contribution in [3.63, 3.8) is 0 Å². The van der Waals surface area contributed by atoms with Crippen LogP contribution in [0.4, 0.5) is 0 Å². The Balaban J connectivity index is 1.24. The number of carbonyl (C=O) groups is 2. The summed E-state index contributed by atoms with van der Waals surface area (Å²) < 4.78 is 6.19. The third kappa shape index (κ3) is 3.48. The lowest BCUT2D eigenvalue weighted by Crippen LogP contribution is -2.78. The highest BCUT2D eigenvalue weighted by Crippen LogP contribution is 2.48. The molecule has 0 aromatic heterocycles. The molecule has 1 spiro atoms. The quantitative estimate of drug-likeness (QED) is 0.714. The van der Waals surface area contributed by atoms with Crippen LogP contribution in [0.2, 0.25) is 0 Å². The third-order valence-corrected chi connectivity index (χ3v) is 7.48. The van der Waals surface area contributed by atoms with Gasteiger partial charge in [0.25, 0.3) is 11.8 Å². The summed E-state index contributed by atoms with van der Waals surface area (Å²) in [6, 6.07) is 9.77. The van der Waals surface area contributed by atoms with Crippen molar-refractivity contribution >= 4 is 11.8 Å². The lowest BCUT2D eigenvalue weighted by atomic mass is 9.68. The standard InChI is InChI=1S/C24H32N2O3/c27-22(19-7-3-1-4-8-19)25-15-11-20(12-16-25)26-23(28)21(29-17-18-9-10-18)24(26)13-5-2-6-14-24/h1,3-4,7-8,18,20-21H,2,5-6,9-17H2. The van der Waals surface area contributed by atoms with Crippen molar-refractivity contribution in [2.75, 3.05) is 19.7 Å². The Kier molecular flexibility index (Phi) is 5.10. The molecule has 29 heavy (non-hydrogen) atoms. The van der Waals surface area contributed by atoms with Crippen molar-refractivity contribution < 1.29 is 14.3 Å². The largest absolute Gasteiger partial charge is 0.366 e. The number of carbonyl (C=O) groups excluding carboxylic acids is 2. The van der Waals surface area contributed by atoms with E-state index in [0.717, 1.165) is 50.9 Å². The first-order valence-corrected chi connectivity index (χ1v) is 11.5. The molecule has 0 radical (unpaired) electrons. The number of ether oxygens (including phenoxy) is 1. The summed E-state index contributed by atoms with van der Waals surface area (Å²) in [5.41, 5.74) is 0.684. The molecule has 2 saturated heterocycles. The lowest BCUT2D eigenvalue weighted by Gasteiger charge is -2.62. The highest BCUT2D eigenvalue weighted by atomic mass is 16.5. The second kappa shape index (κ2) is 7.75. The molecule has 2 heterocycles. The van der Waals surface area contributed by atoms with E-state index in [1.54, 1.807) is 0 Å². The smallest absolute Gasteiger partial charge is 0.254 e. The van der Waals surface area contributed by atoms with Crippen molar-refractivity contribution in [3.8, 4) is 0 Å². The van der Waals surface area contributed by atoms with Crippen molar-refractivity contribution in [1.29, 1.82) is 0 Å². The fraction of sp³-hybridized carbons (Fsp3) is 0.667. The number of piperidine rings is 1. The summed E-state index contributed by atoms with van der Waals surface area (Å²) in [6.07, 6.45) is 9.86. The van der Waals surface area contributed by atoms with Gasteiger partial charge in [0.15, 0.2) is 6.10 Å². The van der Waals surface area contributed by atoms with Crippen LogP contribution in [0.5, 0.6) is 0 Å². The number of amides is 2. The number of nitrogens with zero attached hydrogens (tertiary/aromatic N) is 2. The van der Waals surface area contributed by atoms with Gasteiger partial charge in [0.05, 0.1) is 12.1 Å². The van der Waals surface area contributed by atoms with Crippen LogP contribution >= 0.6 is 0 Å². The SMILES string of the molecule is O=C(c1ccccc1)N1CCC(N2C(=O)C(OCC3CC3)C23CCCCC3)CC1. The van der Waals surface area contributed by atoms with E-state index in [2.05, 4.69) is 4.90 Å². The zero-order chi connectivity index (χ0) is 19.8. The van der Waals surface area contributed by atoms with E-state index in [0.29, 0.717) is 5.92 Å². The molecule has 1 aromatic carbocycles. The van der Waals surface area contributed by atoms with Gasteiger partial charge >= 0.3 is 0 Å². The van der Waals surface area contributed by atoms with Gasteiger partial charge in [-0.25, -0.2) is 0 Å². The molecule has 0 N–H and O–H groups in total. The van der Waals surface area contributed by atoms with Crippen LogP contribution in [-0.4, -0.2) is 59.0 Å². The molecule has 156 valence electrons. The van der Waals surface area contributed by atoms with Crippen LogP contribution in [0.15, 0.2) is 30.3 Å². The summed E-state index contributed by atoms with van der Waals surface area (Å²) in [4.78, 5) is 30.0. The van der Waals surface area contributed by atoms with Gasteiger partial charge in [0.1, 0.15) is 0 Å². The highest BCUT2D eigenvalue weighted by molar-refractivity contribution is 5.94. The van der Waals surface area contributed by atoms with Gasteiger partial charge in [0, 0.05) is 24.7 Å². The molecule has 4 fully saturated rings. The van der Waals surface area contributed by atoms with Crippen LogP contribution in [0.25, 0.3) is 0 Å². The van der Waals surface area contributed by atoms with Crippen molar-refractivity contribution in [3.05, 3.63) is 35.9 Å². The van der Waals surface area contributed by atoms with Crippen LogP contribution in [0.3, 0.4) is 0 Å². The summed E-state index contributed by atoms with van der Waals surface area (Å²) in [6.45, 7) is 2.22. The Morgan fingerprint density at radius 1 is 1.00 bits per heavy atom.